The van der Waals surface area contributed by atoms with Crippen LogP contribution < -0.4 is 0 Å². The Balaban J connectivity index is 1.39. The fourth-order valence-corrected chi connectivity index (χ4v) is 4.06. The minimum absolute atomic E-state index is 0.123. The Hall–Kier alpha value is -1.98. The zero-order valence-corrected chi connectivity index (χ0v) is 15.7. The summed E-state index contributed by atoms with van der Waals surface area (Å²) in [5.41, 5.74) is 0.920. The summed E-state index contributed by atoms with van der Waals surface area (Å²) in [5.74, 6) is -0.464. The van der Waals surface area contributed by atoms with Crippen molar-refractivity contribution in [3.63, 3.8) is 0 Å². The molecule has 1 amide bonds. The first kappa shape index (κ1) is 18.4. The van der Waals surface area contributed by atoms with Gasteiger partial charge in [0.15, 0.2) is 0 Å². The standard InChI is InChI=1S/C21H21ClF2N2O/c22-18-2-1-3-19(24)17(18)14-25-10-12-26(13-11-25)20(27)21(8-9-21)15-4-6-16(23)7-5-15/h1-7H,8-14H2. The zero-order chi connectivity index (χ0) is 19.0. The molecule has 2 aromatic rings. The van der Waals surface area contributed by atoms with Gasteiger partial charge in [0, 0.05) is 43.3 Å². The first-order valence-corrected chi connectivity index (χ1v) is 9.58. The fraction of sp³-hybridized carbons (Fsp3) is 0.381. The van der Waals surface area contributed by atoms with Crippen LogP contribution in [-0.2, 0) is 16.8 Å². The highest BCUT2D eigenvalue weighted by molar-refractivity contribution is 6.31. The molecule has 3 nitrogen and oxygen atoms in total. The van der Waals surface area contributed by atoms with Crippen molar-refractivity contribution in [1.29, 1.82) is 0 Å². The highest BCUT2D eigenvalue weighted by Crippen LogP contribution is 2.49. The molecule has 2 fully saturated rings. The van der Waals surface area contributed by atoms with Gasteiger partial charge in [-0.2, -0.15) is 0 Å². The van der Waals surface area contributed by atoms with Crippen molar-refractivity contribution in [3.8, 4) is 0 Å². The lowest BCUT2D eigenvalue weighted by atomic mass is 9.94. The molecule has 2 aromatic carbocycles. The van der Waals surface area contributed by atoms with Crippen LogP contribution >= 0.6 is 11.6 Å². The number of hydrogen-bond donors (Lipinski definition) is 0. The van der Waals surface area contributed by atoms with Crippen molar-refractivity contribution in [3.05, 3.63) is 70.2 Å². The third-order valence-electron chi connectivity index (χ3n) is 5.66. The fourth-order valence-electron chi connectivity index (χ4n) is 3.84. The van der Waals surface area contributed by atoms with E-state index in [1.54, 1.807) is 24.3 Å². The molecule has 1 aliphatic heterocycles. The molecule has 4 rings (SSSR count). The summed E-state index contributed by atoms with van der Waals surface area (Å²) < 4.78 is 27.2. The van der Waals surface area contributed by atoms with Gasteiger partial charge in [-0.25, -0.2) is 8.78 Å². The summed E-state index contributed by atoms with van der Waals surface area (Å²) in [5, 5.41) is 0.432. The number of rotatable bonds is 4. The van der Waals surface area contributed by atoms with Crippen LogP contribution in [0.25, 0.3) is 0 Å². The monoisotopic (exact) mass is 390 g/mol. The van der Waals surface area contributed by atoms with Gasteiger partial charge in [0.2, 0.25) is 5.91 Å². The molecule has 0 unspecified atom stereocenters. The number of benzene rings is 2. The smallest absolute Gasteiger partial charge is 0.233 e. The van der Waals surface area contributed by atoms with Crippen LogP contribution in [-0.4, -0.2) is 41.9 Å². The second-order valence-electron chi connectivity index (χ2n) is 7.36. The Morgan fingerprint density at radius 3 is 2.26 bits per heavy atom. The number of nitrogens with zero attached hydrogens (tertiary/aromatic N) is 2. The molecule has 0 aromatic heterocycles. The van der Waals surface area contributed by atoms with E-state index in [0.29, 0.717) is 43.3 Å². The number of halogens is 3. The molecule has 142 valence electrons. The van der Waals surface area contributed by atoms with Gasteiger partial charge in [-0.1, -0.05) is 29.8 Å². The molecule has 1 heterocycles. The van der Waals surface area contributed by atoms with Gasteiger partial charge in [0.05, 0.1) is 5.41 Å². The van der Waals surface area contributed by atoms with E-state index in [1.165, 1.54) is 18.2 Å². The predicted molar refractivity (Wildman–Crippen MR) is 101 cm³/mol. The number of carbonyl (C=O) groups is 1. The molecular formula is C21H21ClF2N2O. The molecule has 1 saturated carbocycles. The maximum absolute atomic E-state index is 14.0. The average molecular weight is 391 g/mol. The van der Waals surface area contributed by atoms with E-state index in [4.69, 9.17) is 11.6 Å². The van der Waals surface area contributed by atoms with Crippen LogP contribution in [0.4, 0.5) is 8.78 Å². The van der Waals surface area contributed by atoms with Crippen molar-refractivity contribution in [1.82, 2.24) is 9.80 Å². The van der Waals surface area contributed by atoms with Crippen LogP contribution in [0.15, 0.2) is 42.5 Å². The van der Waals surface area contributed by atoms with Gasteiger partial charge < -0.3 is 4.90 Å². The lowest BCUT2D eigenvalue weighted by Crippen LogP contribution is -2.51. The second-order valence-corrected chi connectivity index (χ2v) is 7.76. The van der Waals surface area contributed by atoms with E-state index in [-0.39, 0.29) is 17.5 Å². The van der Waals surface area contributed by atoms with Gasteiger partial charge in [0.25, 0.3) is 0 Å². The minimum Gasteiger partial charge on any atom is -0.339 e. The van der Waals surface area contributed by atoms with Gasteiger partial charge >= 0.3 is 0 Å². The Kier molecular flexibility index (Phi) is 4.91. The first-order valence-electron chi connectivity index (χ1n) is 9.20. The Morgan fingerprint density at radius 2 is 1.67 bits per heavy atom. The van der Waals surface area contributed by atoms with Crippen LogP contribution in [0.3, 0.4) is 0 Å². The Labute approximate surface area is 162 Å². The molecule has 1 saturated heterocycles. The van der Waals surface area contributed by atoms with Crippen molar-refractivity contribution >= 4 is 17.5 Å². The van der Waals surface area contributed by atoms with Gasteiger partial charge in [-0.05, 0) is 42.7 Å². The summed E-state index contributed by atoms with van der Waals surface area (Å²) in [6.45, 7) is 3.00. The maximum Gasteiger partial charge on any atom is 0.233 e. The van der Waals surface area contributed by atoms with Gasteiger partial charge in [-0.15, -0.1) is 0 Å². The van der Waals surface area contributed by atoms with E-state index in [1.807, 2.05) is 4.90 Å². The van der Waals surface area contributed by atoms with E-state index in [0.717, 1.165) is 18.4 Å². The zero-order valence-electron chi connectivity index (χ0n) is 14.9. The normalized spacial score (nSPS) is 19.1. The molecule has 6 heteroatoms. The van der Waals surface area contributed by atoms with Crippen LogP contribution in [0.5, 0.6) is 0 Å². The quantitative estimate of drug-likeness (QED) is 0.788. The van der Waals surface area contributed by atoms with E-state index in [9.17, 15) is 13.6 Å². The van der Waals surface area contributed by atoms with E-state index in [2.05, 4.69) is 4.90 Å². The lowest BCUT2D eigenvalue weighted by Gasteiger charge is -2.37. The van der Waals surface area contributed by atoms with Crippen LogP contribution in [0.2, 0.25) is 5.02 Å². The Bertz CT molecular complexity index is 824. The largest absolute Gasteiger partial charge is 0.339 e. The molecule has 27 heavy (non-hydrogen) atoms. The topological polar surface area (TPSA) is 23.6 Å². The summed E-state index contributed by atoms with van der Waals surface area (Å²) in [6, 6.07) is 11.0. The maximum atomic E-state index is 14.0. The van der Waals surface area contributed by atoms with Crippen molar-refractivity contribution < 1.29 is 13.6 Å². The SMILES string of the molecule is O=C(N1CCN(Cc2c(F)cccc2Cl)CC1)C1(c2ccc(F)cc2)CC1. The first-order chi connectivity index (χ1) is 13.0. The Morgan fingerprint density at radius 1 is 1.00 bits per heavy atom. The summed E-state index contributed by atoms with van der Waals surface area (Å²) >= 11 is 6.12. The summed E-state index contributed by atoms with van der Waals surface area (Å²) in [7, 11) is 0. The molecule has 0 N–H and O–H groups in total. The lowest BCUT2D eigenvalue weighted by molar-refractivity contribution is -0.135. The highest BCUT2D eigenvalue weighted by Gasteiger charge is 2.53. The van der Waals surface area contributed by atoms with Crippen molar-refractivity contribution in [2.45, 2.75) is 24.8 Å². The number of carbonyl (C=O) groups excluding carboxylic acids is 1. The molecule has 0 spiro atoms. The van der Waals surface area contributed by atoms with Crippen molar-refractivity contribution in [2.75, 3.05) is 26.2 Å². The average Bonchev–Trinajstić information content (AvgIpc) is 3.47. The van der Waals surface area contributed by atoms with Crippen LogP contribution in [0.1, 0.15) is 24.0 Å². The molecular weight excluding hydrogens is 370 g/mol. The molecule has 1 aliphatic carbocycles. The molecule has 0 radical (unpaired) electrons. The third-order valence-corrected chi connectivity index (χ3v) is 6.01. The van der Waals surface area contributed by atoms with Crippen molar-refractivity contribution in [2.24, 2.45) is 0 Å². The number of hydrogen-bond acceptors (Lipinski definition) is 2. The highest BCUT2D eigenvalue weighted by atomic mass is 35.5. The predicted octanol–water partition coefficient (Wildman–Crippen LogP) is 3.99. The second kappa shape index (κ2) is 7.21. The number of piperazine rings is 1. The number of amides is 1. The minimum atomic E-state index is -0.481. The van der Waals surface area contributed by atoms with E-state index >= 15 is 0 Å². The molecule has 0 bridgehead atoms. The molecule has 0 atom stereocenters. The van der Waals surface area contributed by atoms with Crippen LogP contribution in [0, 0.1) is 11.6 Å². The van der Waals surface area contributed by atoms with Gasteiger partial charge in [-0.3, -0.25) is 9.69 Å². The molecule has 2 aliphatic rings. The van der Waals surface area contributed by atoms with Gasteiger partial charge in [0.1, 0.15) is 11.6 Å². The summed E-state index contributed by atoms with van der Waals surface area (Å²) in [4.78, 5) is 17.1. The summed E-state index contributed by atoms with van der Waals surface area (Å²) in [6.07, 6.45) is 1.62. The van der Waals surface area contributed by atoms with E-state index < -0.39 is 5.41 Å². The third kappa shape index (κ3) is 3.58.